The standard InChI is InChI=1S/C14H16O3S.Na/c1-3-11(2)17-18(15,16)14-10-6-8-12-7-4-5-9-13(12)14;/h4-11H,3H2,1-2H3;. The largest absolute Gasteiger partial charge is 0.297 e. The summed E-state index contributed by atoms with van der Waals surface area (Å²) in [6, 6.07) is 12.6. The second-order valence-corrected chi connectivity index (χ2v) is 5.79. The van der Waals surface area contributed by atoms with Crippen molar-refractivity contribution in [3.63, 3.8) is 0 Å². The summed E-state index contributed by atoms with van der Waals surface area (Å²) >= 11 is 0. The van der Waals surface area contributed by atoms with Crippen LogP contribution in [0.3, 0.4) is 0 Å². The predicted octanol–water partition coefficient (Wildman–Crippen LogP) is 2.96. The van der Waals surface area contributed by atoms with Crippen molar-refractivity contribution in [2.45, 2.75) is 31.3 Å². The fraction of sp³-hybridized carbons (Fsp3) is 0.286. The van der Waals surface area contributed by atoms with Gasteiger partial charge < -0.3 is 0 Å². The van der Waals surface area contributed by atoms with Crippen molar-refractivity contribution in [1.82, 2.24) is 0 Å². The fourth-order valence-electron chi connectivity index (χ4n) is 1.75. The molecule has 0 spiro atoms. The second-order valence-electron chi connectivity index (χ2n) is 4.25. The van der Waals surface area contributed by atoms with E-state index in [9.17, 15) is 8.42 Å². The Balaban J connectivity index is 0.00000180. The first-order chi connectivity index (χ1) is 8.54. The van der Waals surface area contributed by atoms with Gasteiger partial charge in [-0.2, -0.15) is 8.42 Å². The van der Waals surface area contributed by atoms with E-state index < -0.39 is 10.1 Å². The quantitative estimate of drug-likeness (QED) is 0.641. The van der Waals surface area contributed by atoms with Gasteiger partial charge in [0.15, 0.2) is 0 Å². The molecule has 5 heteroatoms. The molecule has 2 aromatic carbocycles. The predicted molar refractivity (Wildman–Crippen MR) is 77.7 cm³/mol. The molecule has 0 bridgehead atoms. The van der Waals surface area contributed by atoms with Gasteiger partial charge in [0, 0.05) is 34.9 Å². The Morgan fingerprint density at radius 2 is 1.74 bits per heavy atom. The maximum atomic E-state index is 12.2. The van der Waals surface area contributed by atoms with Gasteiger partial charge in [0.25, 0.3) is 10.1 Å². The maximum Gasteiger partial charge on any atom is 0.297 e. The van der Waals surface area contributed by atoms with Crippen LogP contribution >= 0.6 is 0 Å². The minimum absolute atomic E-state index is 0. The zero-order chi connectivity index (χ0) is 13.2. The molecule has 3 nitrogen and oxygen atoms in total. The number of rotatable bonds is 4. The van der Waals surface area contributed by atoms with Crippen molar-refractivity contribution >= 4 is 50.4 Å². The molecule has 97 valence electrons. The van der Waals surface area contributed by atoms with E-state index in [-0.39, 0.29) is 40.6 Å². The minimum atomic E-state index is -3.70. The number of hydrogen-bond acceptors (Lipinski definition) is 3. The molecule has 19 heavy (non-hydrogen) atoms. The Hall–Kier alpha value is -0.390. The molecule has 2 rings (SSSR count). The van der Waals surface area contributed by atoms with Crippen molar-refractivity contribution in [3.8, 4) is 0 Å². The van der Waals surface area contributed by atoms with E-state index in [0.717, 1.165) is 5.39 Å². The molecule has 2 aromatic rings. The molecule has 0 aromatic heterocycles. The third-order valence-electron chi connectivity index (χ3n) is 2.88. The van der Waals surface area contributed by atoms with Gasteiger partial charge in [-0.05, 0) is 24.8 Å². The van der Waals surface area contributed by atoms with E-state index in [2.05, 4.69) is 0 Å². The van der Waals surface area contributed by atoms with Crippen molar-refractivity contribution in [2.24, 2.45) is 0 Å². The molecule has 0 heterocycles. The number of fused-ring (bicyclic) bond motifs is 1. The monoisotopic (exact) mass is 287 g/mol. The molecule has 1 radical (unpaired) electrons. The van der Waals surface area contributed by atoms with Crippen LogP contribution in [0.15, 0.2) is 47.4 Å². The third kappa shape index (κ3) is 3.80. The van der Waals surface area contributed by atoms with E-state index in [4.69, 9.17) is 4.18 Å². The topological polar surface area (TPSA) is 43.4 Å². The van der Waals surface area contributed by atoms with Crippen LogP contribution in [0.1, 0.15) is 20.3 Å². The number of hydrogen-bond donors (Lipinski definition) is 0. The Bertz CT molecular complexity index is 647. The molecule has 1 unspecified atom stereocenters. The smallest absolute Gasteiger partial charge is 0.263 e. The summed E-state index contributed by atoms with van der Waals surface area (Å²) in [5.41, 5.74) is 0. The molecular formula is C14H16NaO3S. The molecule has 0 aliphatic rings. The van der Waals surface area contributed by atoms with E-state index in [1.165, 1.54) is 0 Å². The zero-order valence-electron chi connectivity index (χ0n) is 11.5. The molecule has 0 saturated carbocycles. The van der Waals surface area contributed by atoms with Crippen LogP contribution in [-0.2, 0) is 14.3 Å². The van der Waals surface area contributed by atoms with Crippen LogP contribution in [-0.4, -0.2) is 44.1 Å². The van der Waals surface area contributed by atoms with Crippen LogP contribution < -0.4 is 0 Å². The molecular weight excluding hydrogens is 271 g/mol. The minimum Gasteiger partial charge on any atom is -0.263 e. The second kappa shape index (κ2) is 6.86. The van der Waals surface area contributed by atoms with Gasteiger partial charge >= 0.3 is 0 Å². The van der Waals surface area contributed by atoms with Crippen molar-refractivity contribution in [1.29, 1.82) is 0 Å². The van der Waals surface area contributed by atoms with Gasteiger partial charge in [-0.1, -0.05) is 43.3 Å². The van der Waals surface area contributed by atoms with E-state index in [0.29, 0.717) is 11.8 Å². The summed E-state index contributed by atoms with van der Waals surface area (Å²) in [6.45, 7) is 3.64. The molecule has 1 atom stereocenters. The van der Waals surface area contributed by atoms with Crippen LogP contribution in [0.5, 0.6) is 0 Å². The first kappa shape index (κ1) is 16.7. The van der Waals surface area contributed by atoms with Gasteiger partial charge in [0.1, 0.15) is 4.90 Å². The van der Waals surface area contributed by atoms with Crippen LogP contribution in [0.25, 0.3) is 10.8 Å². The van der Waals surface area contributed by atoms with E-state index >= 15 is 0 Å². The first-order valence-electron chi connectivity index (χ1n) is 5.95. The molecule has 0 aliphatic carbocycles. The molecule has 0 saturated heterocycles. The molecule has 0 aliphatic heterocycles. The van der Waals surface area contributed by atoms with Crippen LogP contribution in [0.2, 0.25) is 0 Å². The summed E-state index contributed by atoms with van der Waals surface area (Å²) < 4.78 is 29.5. The normalized spacial score (nSPS) is 12.9. The fourth-order valence-corrected chi connectivity index (χ4v) is 3.12. The van der Waals surface area contributed by atoms with Gasteiger partial charge in [-0.3, -0.25) is 4.18 Å². The van der Waals surface area contributed by atoms with Gasteiger partial charge in [-0.25, -0.2) is 0 Å². The average molecular weight is 287 g/mol. The zero-order valence-corrected chi connectivity index (χ0v) is 14.3. The van der Waals surface area contributed by atoms with Crippen LogP contribution in [0.4, 0.5) is 0 Å². The van der Waals surface area contributed by atoms with Crippen molar-refractivity contribution < 1.29 is 12.6 Å². The van der Waals surface area contributed by atoms with Crippen molar-refractivity contribution in [3.05, 3.63) is 42.5 Å². The maximum absolute atomic E-state index is 12.2. The molecule has 0 N–H and O–H groups in total. The number of benzene rings is 2. The van der Waals surface area contributed by atoms with Crippen molar-refractivity contribution in [2.75, 3.05) is 0 Å². The summed E-state index contributed by atoms with van der Waals surface area (Å²) in [5, 5.41) is 1.59. The Morgan fingerprint density at radius 1 is 1.11 bits per heavy atom. The van der Waals surface area contributed by atoms with Crippen LogP contribution in [0, 0.1) is 0 Å². The molecule has 0 amide bonds. The SMILES string of the molecule is CCC(C)OS(=O)(=O)c1cccc2ccccc12.[Na]. The Morgan fingerprint density at radius 3 is 2.42 bits per heavy atom. The third-order valence-corrected chi connectivity index (χ3v) is 4.36. The Kier molecular flexibility index (Phi) is 6.02. The summed E-state index contributed by atoms with van der Waals surface area (Å²) in [7, 11) is -3.70. The Labute approximate surface area is 136 Å². The van der Waals surface area contributed by atoms with Gasteiger partial charge in [0.2, 0.25) is 0 Å². The molecule has 0 fully saturated rings. The van der Waals surface area contributed by atoms with E-state index in [1.54, 1.807) is 25.1 Å². The summed E-state index contributed by atoms with van der Waals surface area (Å²) in [4.78, 5) is 0.237. The van der Waals surface area contributed by atoms with E-state index in [1.807, 2.05) is 31.2 Å². The van der Waals surface area contributed by atoms with Gasteiger partial charge in [-0.15, -0.1) is 0 Å². The van der Waals surface area contributed by atoms with Gasteiger partial charge in [0.05, 0.1) is 6.10 Å². The summed E-state index contributed by atoms with van der Waals surface area (Å²) in [6.07, 6.45) is 0.346. The average Bonchev–Trinajstić information content (AvgIpc) is 2.37. The first-order valence-corrected chi connectivity index (χ1v) is 7.36. The summed E-state index contributed by atoms with van der Waals surface area (Å²) in [5.74, 6) is 0.